The van der Waals surface area contributed by atoms with Gasteiger partial charge in [-0.3, -0.25) is 4.98 Å². The zero-order valence-corrected chi connectivity index (χ0v) is 7.65. The predicted molar refractivity (Wildman–Crippen MR) is 48.4 cm³/mol. The number of hydrogen-bond donors (Lipinski definition) is 0. The summed E-state index contributed by atoms with van der Waals surface area (Å²) < 4.78 is 4.96. The molecule has 0 spiro atoms. The number of carbonyl (C=O) groups excluding carboxylic acids is 1. The zero-order valence-electron chi connectivity index (χ0n) is 7.65. The summed E-state index contributed by atoms with van der Waals surface area (Å²) in [5.41, 5.74) is 0.492. The van der Waals surface area contributed by atoms with Crippen LogP contribution in [-0.2, 0) is 4.74 Å². The van der Waals surface area contributed by atoms with Gasteiger partial charge in [-0.15, -0.1) is 0 Å². The van der Waals surface area contributed by atoms with Gasteiger partial charge in [-0.2, -0.15) is 0 Å². The number of rotatable bonds is 2. The molecule has 13 heavy (non-hydrogen) atoms. The van der Waals surface area contributed by atoms with Crippen molar-refractivity contribution in [3.05, 3.63) is 30.1 Å². The maximum Gasteiger partial charge on any atom is 0.339 e. The molecule has 1 aromatic rings. The van der Waals surface area contributed by atoms with Gasteiger partial charge < -0.3 is 10.2 Å². The first kappa shape index (κ1) is 11.6. The van der Waals surface area contributed by atoms with Gasteiger partial charge in [-0.05, 0) is 26.0 Å². The van der Waals surface area contributed by atoms with Gasteiger partial charge in [0.05, 0.1) is 11.7 Å². The smallest absolute Gasteiger partial charge is 0.339 e. The molecule has 2 N–H and O–H groups in total. The van der Waals surface area contributed by atoms with E-state index >= 15 is 0 Å². The molecule has 1 heterocycles. The van der Waals surface area contributed by atoms with Crippen molar-refractivity contribution in [2.75, 3.05) is 0 Å². The Bertz CT molecular complexity index is 259. The molecular formula is C9H13NO3. The Kier molecular flexibility index (Phi) is 4.69. The van der Waals surface area contributed by atoms with Crippen LogP contribution in [0.25, 0.3) is 0 Å². The summed E-state index contributed by atoms with van der Waals surface area (Å²) in [6.45, 7) is 3.63. The van der Waals surface area contributed by atoms with Crippen molar-refractivity contribution in [1.29, 1.82) is 0 Å². The Morgan fingerprint density at radius 1 is 1.54 bits per heavy atom. The molecule has 0 saturated carbocycles. The first-order valence-electron chi connectivity index (χ1n) is 3.81. The van der Waals surface area contributed by atoms with Crippen LogP contribution in [0.3, 0.4) is 0 Å². The largest absolute Gasteiger partial charge is 0.459 e. The van der Waals surface area contributed by atoms with E-state index < -0.39 is 0 Å². The van der Waals surface area contributed by atoms with E-state index in [9.17, 15) is 4.79 Å². The van der Waals surface area contributed by atoms with E-state index in [1.165, 1.54) is 6.20 Å². The van der Waals surface area contributed by atoms with E-state index in [4.69, 9.17) is 4.74 Å². The second kappa shape index (κ2) is 5.27. The molecule has 0 aromatic carbocycles. The summed E-state index contributed by atoms with van der Waals surface area (Å²) in [5, 5.41) is 0. The second-order valence-electron chi connectivity index (χ2n) is 2.70. The van der Waals surface area contributed by atoms with Gasteiger partial charge in [0, 0.05) is 12.4 Å². The predicted octanol–water partition coefficient (Wildman–Crippen LogP) is 0.822. The van der Waals surface area contributed by atoms with Crippen LogP contribution in [0.5, 0.6) is 0 Å². The maximum atomic E-state index is 11.2. The average molecular weight is 183 g/mol. The molecule has 0 fully saturated rings. The Balaban J connectivity index is 0.00000144. The highest BCUT2D eigenvalue weighted by Crippen LogP contribution is 2.00. The molecule has 0 bridgehead atoms. The maximum absolute atomic E-state index is 11.2. The molecule has 0 aliphatic carbocycles. The molecular weight excluding hydrogens is 170 g/mol. The van der Waals surface area contributed by atoms with E-state index in [2.05, 4.69) is 4.98 Å². The monoisotopic (exact) mass is 183 g/mol. The number of ether oxygens (including phenoxy) is 1. The fourth-order valence-corrected chi connectivity index (χ4v) is 0.766. The fraction of sp³-hybridized carbons (Fsp3) is 0.333. The lowest BCUT2D eigenvalue weighted by Crippen LogP contribution is -2.11. The normalized spacial score (nSPS) is 9.15. The van der Waals surface area contributed by atoms with Crippen molar-refractivity contribution >= 4 is 5.97 Å². The van der Waals surface area contributed by atoms with Crippen LogP contribution < -0.4 is 0 Å². The van der Waals surface area contributed by atoms with E-state index in [0.717, 1.165) is 0 Å². The van der Waals surface area contributed by atoms with Crippen LogP contribution in [0.1, 0.15) is 24.2 Å². The van der Waals surface area contributed by atoms with Crippen molar-refractivity contribution in [3.8, 4) is 0 Å². The highest BCUT2D eigenvalue weighted by atomic mass is 16.5. The summed E-state index contributed by atoms with van der Waals surface area (Å²) >= 11 is 0. The van der Waals surface area contributed by atoms with Crippen molar-refractivity contribution < 1.29 is 15.0 Å². The quantitative estimate of drug-likeness (QED) is 0.637. The molecule has 1 aromatic heterocycles. The average Bonchev–Trinajstić information content (AvgIpc) is 2.05. The Labute approximate surface area is 76.9 Å². The van der Waals surface area contributed by atoms with E-state index in [1.54, 1.807) is 18.3 Å². The van der Waals surface area contributed by atoms with Crippen LogP contribution >= 0.6 is 0 Å². The number of pyridine rings is 1. The van der Waals surface area contributed by atoms with E-state index in [1.807, 2.05) is 13.8 Å². The molecule has 72 valence electrons. The second-order valence-corrected chi connectivity index (χ2v) is 2.70. The molecule has 0 amide bonds. The van der Waals surface area contributed by atoms with Gasteiger partial charge >= 0.3 is 5.97 Å². The number of aromatic nitrogens is 1. The molecule has 0 atom stereocenters. The van der Waals surface area contributed by atoms with Gasteiger partial charge in [0.1, 0.15) is 0 Å². The van der Waals surface area contributed by atoms with Crippen molar-refractivity contribution in [3.63, 3.8) is 0 Å². The third kappa shape index (κ3) is 3.66. The minimum atomic E-state index is -0.321. The standard InChI is InChI=1S/C9H11NO2.H2O/c1-7(2)12-9(11)8-4-3-5-10-6-8;/h3-7H,1-2H3;1H2. The molecule has 0 aliphatic heterocycles. The minimum absolute atomic E-state index is 0. The Hall–Kier alpha value is -1.42. The first-order chi connectivity index (χ1) is 5.70. The van der Waals surface area contributed by atoms with Crippen molar-refractivity contribution in [2.45, 2.75) is 20.0 Å². The van der Waals surface area contributed by atoms with Crippen LogP contribution in [0, 0.1) is 0 Å². The number of nitrogens with zero attached hydrogens (tertiary/aromatic N) is 1. The van der Waals surface area contributed by atoms with E-state index in [0.29, 0.717) is 5.56 Å². The number of hydrogen-bond acceptors (Lipinski definition) is 3. The van der Waals surface area contributed by atoms with Gasteiger partial charge in [-0.1, -0.05) is 0 Å². The lowest BCUT2D eigenvalue weighted by atomic mass is 10.3. The van der Waals surface area contributed by atoms with Gasteiger partial charge in [0.15, 0.2) is 0 Å². The molecule has 4 nitrogen and oxygen atoms in total. The molecule has 0 saturated heterocycles. The first-order valence-corrected chi connectivity index (χ1v) is 3.81. The van der Waals surface area contributed by atoms with Crippen LogP contribution in [0.4, 0.5) is 0 Å². The summed E-state index contributed by atoms with van der Waals surface area (Å²) in [4.78, 5) is 15.0. The fourth-order valence-electron chi connectivity index (χ4n) is 0.766. The number of esters is 1. The minimum Gasteiger partial charge on any atom is -0.459 e. The van der Waals surface area contributed by atoms with Gasteiger partial charge in [0.2, 0.25) is 0 Å². The molecule has 0 radical (unpaired) electrons. The lowest BCUT2D eigenvalue weighted by Gasteiger charge is -2.06. The highest BCUT2D eigenvalue weighted by Gasteiger charge is 2.07. The van der Waals surface area contributed by atoms with Gasteiger partial charge in [-0.25, -0.2) is 4.79 Å². The van der Waals surface area contributed by atoms with Crippen LogP contribution in [-0.4, -0.2) is 22.5 Å². The molecule has 0 unspecified atom stereocenters. The summed E-state index contributed by atoms with van der Waals surface area (Å²) in [7, 11) is 0. The number of carbonyl (C=O) groups is 1. The summed E-state index contributed by atoms with van der Waals surface area (Å²) in [6.07, 6.45) is 3.02. The third-order valence-corrected chi connectivity index (χ3v) is 1.24. The molecule has 4 heteroatoms. The topological polar surface area (TPSA) is 70.7 Å². The summed E-state index contributed by atoms with van der Waals surface area (Å²) in [5.74, 6) is -0.321. The SMILES string of the molecule is CC(C)OC(=O)c1cccnc1.O. The van der Waals surface area contributed by atoms with Crippen LogP contribution in [0.2, 0.25) is 0 Å². The van der Waals surface area contributed by atoms with Crippen molar-refractivity contribution in [1.82, 2.24) is 4.98 Å². The lowest BCUT2D eigenvalue weighted by molar-refractivity contribution is 0.0377. The Morgan fingerprint density at radius 3 is 2.69 bits per heavy atom. The zero-order chi connectivity index (χ0) is 8.97. The summed E-state index contributed by atoms with van der Waals surface area (Å²) in [6, 6.07) is 3.38. The third-order valence-electron chi connectivity index (χ3n) is 1.24. The molecule has 0 aliphatic rings. The molecule has 1 rings (SSSR count). The van der Waals surface area contributed by atoms with Crippen LogP contribution in [0.15, 0.2) is 24.5 Å². The van der Waals surface area contributed by atoms with Crippen molar-refractivity contribution in [2.24, 2.45) is 0 Å². The van der Waals surface area contributed by atoms with Gasteiger partial charge in [0.25, 0.3) is 0 Å². The highest BCUT2D eigenvalue weighted by molar-refractivity contribution is 5.88. The van der Waals surface area contributed by atoms with E-state index in [-0.39, 0.29) is 17.5 Å². The Morgan fingerprint density at radius 2 is 2.23 bits per heavy atom.